The number of rotatable bonds is 2. The molecule has 0 radical (unpaired) electrons. The lowest BCUT2D eigenvalue weighted by molar-refractivity contribution is -0.455. The van der Waals surface area contributed by atoms with E-state index in [2.05, 4.69) is 0 Å². The molecule has 0 aromatic heterocycles. The van der Waals surface area contributed by atoms with Crippen molar-refractivity contribution in [3.05, 3.63) is 35.9 Å². The van der Waals surface area contributed by atoms with E-state index in [0.29, 0.717) is 12.1 Å². The van der Waals surface area contributed by atoms with Gasteiger partial charge in [0.05, 0.1) is 0 Å². The van der Waals surface area contributed by atoms with Crippen LogP contribution in [-0.2, 0) is 0 Å². The first-order valence-corrected chi connectivity index (χ1v) is 6.12. The predicted molar refractivity (Wildman–Crippen MR) is 59.0 cm³/mol. The van der Waals surface area contributed by atoms with E-state index in [-0.39, 0.29) is 0 Å². The Morgan fingerprint density at radius 2 is 1.04 bits per heavy atom. The molecule has 1 nitrogen and oxygen atoms in total. The molecule has 0 aliphatic heterocycles. The molecule has 24 heavy (non-hydrogen) atoms. The van der Waals surface area contributed by atoms with Crippen molar-refractivity contribution in [2.24, 2.45) is 5.92 Å². The first-order chi connectivity index (χ1) is 10.6. The van der Waals surface area contributed by atoms with E-state index in [1.807, 2.05) is 0 Å². The van der Waals surface area contributed by atoms with Gasteiger partial charge in [-0.15, -0.1) is 0 Å². The van der Waals surface area contributed by atoms with Gasteiger partial charge in [0.2, 0.25) is 0 Å². The third kappa shape index (κ3) is 1.92. The summed E-state index contributed by atoms with van der Waals surface area (Å²) in [7, 11) is 0. The van der Waals surface area contributed by atoms with Crippen LogP contribution in [0.1, 0.15) is 10.4 Å². The highest BCUT2D eigenvalue weighted by Gasteiger charge is 2.96. The summed E-state index contributed by atoms with van der Waals surface area (Å²) < 4.78 is 134. The summed E-state index contributed by atoms with van der Waals surface area (Å²) in [5.41, 5.74) is -1.03. The first kappa shape index (κ1) is 18.5. The van der Waals surface area contributed by atoms with Crippen LogP contribution >= 0.6 is 0 Å². The van der Waals surface area contributed by atoms with Gasteiger partial charge in [0.15, 0.2) is 11.7 Å². The smallest absolute Gasteiger partial charge is 0.293 e. The Balaban J connectivity index is 2.72. The van der Waals surface area contributed by atoms with E-state index in [1.165, 1.54) is 6.07 Å². The summed E-state index contributed by atoms with van der Waals surface area (Å²) in [4.78, 5) is 11.7. The normalized spacial score (nSPS) is 26.8. The van der Waals surface area contributed by atoms with Crippen molar-refractivity contribution in [2.45, 2.75) is 29.6 Å². The van der Waals surface area contributed by atoms with Crippen LogP contribution in [0.5, 0.6) is 0 Å². The Kier molecular flexibility index (Phi) is 3.75. The Morgan fingerprint density at radius 3 is 1.42 bits per heavy atom. The van der Waals surface area contributed by atoms with Crippen LogP contribution in [0.2, 0.25) is 0 Å². The van der Waals surface area contributed by atoms with Gasteiger partial charge in [0, 0.05) is 5.56 Å². The maximum absolute atomic E-state index is 13.7. The fourth-order valence-electron chi connectivity index (χ4n) is 2.30. The van der Waals surface area contributed by atoms with Gasteiger partial charge < -0.3 is 0 Å². The minimum atomic E-state index is -7.07. The third-order valence-electron chi connectivity index (χ3n) is 3.67. The summed E-state index contributed by atoms with van der Waals surface area (Å²) in [6.45, 7) is 0. The number of carbonyl (C=O) groups excluding carboxylic acids is 1. The van der Waals surface area contributed by atoms with Crippen LogP contribution in [0.15, 0.2) is 30.3 Å². The van der Waals surface area contributed by atoms with Gasteiger partial charge in [-0.05, 0) is 0 Å². The van der Waals surface area contributed by atoms with E-state index in [9.17, 15) is 48.7 Å². The molecule has 1 aliphatic carbocycles. The molecule has 0 amide bonds. The molecule has 0 bridgehead atoms. The van der Waals surface area contributed by atoms with Crippen LogP contribution in [0.25, 0.3) is 0 Å². The average molecular weight is 368 g/mol. The van der Waals surface area contributed by atoms with Crippen molar-refractivity contribution in [3.63, 3.8) is 0 Å². The Morgan fingerprint density at radius 1 is 0.667 bits per heavy atom. The van der Waals surface area contributed by atoms with E-state index in [0.717, 1.165) is 12.1 Å². The highest BCUT2D eigenvalue weighted by atomic mass is 19.4. The summed E-state index contributed by atoms with van der Waals surface area (Å²) in [5.74, 6) is -40.8. The molecule has 0 heterocycles. The lowest BCUT2D eigenvalue weighted by Crippen LogP contribution is -2.78. The van der Waals surface area contributed by atoms with Crippen molar-refractivity contribution in [1.82, 2.24) is 0 Å². The second-order valence-corrected chi connectivity index (χ2v) is 5.13. The Labute approximate surface area is 127 Å². The van der Waals surface area contributed by atoms with Crippen molar-refractivity contribution in [1.29, 1.82) is 0 Å². The van der Waals surface area contributed by atoms with E-state index in [4.69, 9.17) is 0 Å². The molecule has 1 aliphatic rings. The highest BCUT2D eigenvalue weighted by Crippen LogP contribution is 2.67. The molecule has 0 spiro atoms. The molecule has 11 heteroatoms. The molecule has 0 unspecified atom stereocenters. The number of hydrogen-bond acceptors (Lipinski definition) is 1. The van der Waals surface area contributed by atoms with Gasteiger partial charge in [-0.1, -0.05) is 30.3 Å². The number of carbonyl (C=O) groups is 1. The van der Waals surface area contributed by atoms with E-state index in [1.54, 1.807) is 0 Å². The predicted octanol–water partition coefficient (Wildman–Crippen LogP) is 4.68. The van der Waals surface area contributed by atoms with Crippen molar-refractivity contribution >= 4 is 5.78 Å². The van der Waals surface area contributed by atoms with E-state index >= 15 is 0 Å². The summed E-state index contributed by atoms with van der Waals surface area (Å²) in [6, 6.07) is 4.34. The average Bonchev–Trinajstić information content (AvgIpc) is 2.45. The highest BCUT2D eigenvalue weighted by molar-refractivity contribution is 5.99. The second kappa shape index (κ2) is 4.85. The first-order valence-electron chi connectivity index (χ1n) is 6.12. The Hall–Kier alpha value is -1.81. The minimum absolute atomic E-state index is 0.623. The van der Waals surface area contributed by atoms with Gasteiger partial charge in [-0.2, -0.15) is 43.9 Å². The quantitative estimate of drug-likeness (QED) is 0.548. The molecule has 134 valence electrons. The van der Waals surface area contributed by atoms with E-state index < -0.39 is 46.9 Å². The largest absolute Gasteiger partial charge is 0.384 e. The Bertz CT molecular complexity index is 622. The van der Waals surface area contributed by atoms with Crippen LogP contribution in [-0.4, -0.2) is 35.4 Å². The maximum Gasteiger partial charge on any atom is 0.384 e. The second-order valence-electron chi connectivity index (χ2n) is 5.13. The zero-order chi connectivity index (χ0) is 18.8. The summed E-state index contributed by atoms with van der Waals surface area (Å²) in [5, 5.41) is 0. The number of benzene rings is 1. The fraction of sp³-hybridized carbons (Fsp3) is 0.462. The summed E-state index contributed by atoms with van der Waals surface area (Å²) >= 11 is 0. The molecule has 1 fully saturated rings. The van der Waals surface area contributed by atoms with Gasteiger partial charge in [0.1, 0.15) is 0 Å². The molecular weight excluding hydrogens is 362 g/mol. The third-order valence-corrected chi connectivity index (χ3v) is 3.67. The SMILES string of the molecule is O=C(c1ccccc1)C1C(F)(F)C(F)(F)C(F)(F)C(F)(F)C1(F)F. The number of ketones is 1. The van der Waals surface area contributed by atoms with Crippen LogP contribution < -0.4 is 0 Å². The number of Topliss-reactive ketones (excluding diaryl/α,β-unsaturated/α-hetero) is 1. The molecule has 0 saturated heterocycles. The maximum atomic E-state index is 13.7. The lowest BCUT2D eigenvalue weighted by Gasteiger charge is -2.49. The van der Waals surface area contributed by atoms with Crippen molar-refractivity contribution in [2.75, 3.05) is 0 Å². The van der Waals surface area contributed by atoms with Crippen LogP contribution in [0, 0.1) is 5.92 Å². The summed E-state index contributed by atoms with van der Waals surface area (Å²) in [6.07, 6.45) is 0. The molecular formula is C13H6F10O. The van der Waals surface area contributed by atoms with Crippen LogP contribution in [0.4, 0.5) is 43.9 Å². The molecule has 1 saturated carbocycles. The number of hydrogen-bond donors (Lipinski definition) is 0. The zero-order valence-electron chi connectivity index (χ0n) is 11.2. The molecule has 1 aromatic carbocycles. The van der Waals surface area contributed by atoms with Crippen molar-refractivity contribution in [3.8, 4) is 0 Å². The monoisotopic (exact) mass is 368 g/mol. The fourth-order valence-corrected chi connectivity index (χ4v) is 2.30. The molecule has 1 aromatic rings. The minimum Gasteiger partial charge on any atom is -0.293 e. The molecule has 0 atom stereocenters. The topological polar surface area (TPSA) is 17.1 Å². The molecule has 2 rings (SSSR count). The van der Waals surface area contributed by atoms with Gasteiger partial charge in [0.25, 0.3) is 0 Å². The zero-order valence-corrected chi connectivity index (χ0v) is 11.2. The molecule has 0 N–H and O–H groups in total. The van der Waals surface area contributed by atoms with Gasteiger partial charge in [-0.25, -0.2) is 0 Å². The van der Waals surface area contributed by atoms with Crippen LogP contribution in [0.3, 0.4) is 0 Å². The lowest BCUT2D eigenvalue weighted by atomic mass is 9.71. The number of halogens is 10. The standard InChI is InChI=1S/C13H6F10O/c14-9(15)8(7(24)6-4-2-1-3-5-6)10(16,17)12(20,21)13(22,23)11(9,18)19/h1-5,8H. The van der Waals surface area contributed by atoms with Gasteiger partial charge >= 0.3 is 29.6 Å². The van der Waals surface area contributed by atoms with Crippen molar-refractivity contribution < 1.29 is 48.7 Å². The number of alkyl halides is 10. The van der Waals surface area contributed by atoms with Gasteiger partial charge in [-0.3, -0.25) is 4.79 Å².